The summed E-state index contributed by atoms with van der Waals surface area (Å²) in [6.07, 6.45) is 5.43. The van der Waals surface area contributed by atoms with E-state index in [1.807, 2.05) is 6.07 Å². The minimum Gasteiger partial charge on any atom is -0.352 e. The molecule has 3 atom stereocenters. The van der Waals surface area contributed by atoms with Crippen molar-refractivity contribution >= 4 is 33.4 Å². The molecule has 2 nitrogen and oxygen atoms in total. The van der Waals surface area contributed by atoms with Crippen LogP contribution in [-0.4, -0.2) is 12.5 Å². The molecule has 0 spiro atoms. The summed E-state index contributed by atoms with van der Waals surface area (Å²) in [5, 5.41) is 3.64. The molecule has 4 heteroatoms. The van der Waals surface area contributed by atoms with Crippen molar-refractivity contribution in [3.63, 3.8) is 0 Å². The lowest BCUT2D eigenvalue weighted by atomic mass is 9.89. The zero-order chi connectivity index (χ0) is 13.4. The molecule has 0 saturated heterocycles. The summed E-state index contributed by atoms with van der Waals surface area (Å²) in [6.45, 7) is 0.813. The fourth-order valence-corrected chi connectivity index (χ4v) is 4.02. The first-order chi connectivity index (χ1) is 9.13. The van der Waals surface area contributed by atoms with Gasteiger partial charge in [-0.05, 0) is 71.1 Å². The summed E-state index contributed by atoms with van der Waals surface area (Å²) < 4.78 is 0.818. The molecule has 2 fully saturated rings. The Morgan fingerprint density at radius 1 is 1.37 bits per heavy atom. The first-order valence-electron chi connectivity index (χ1n) is 6.86. The maximum Gasteiger partial charge on any atom is 0.251 e. The van der Waals surface area contributed by atoms with Gasteiger partial charge >= 0.3 is 0 Å². The Morgan fingerprint density at radius 2 is 2.21 bits per heavy atom. The Hall–Kier alpha value is -0.540. The molecule has 0 heterocycles. The fraction of sp³-hybridized carbons (Fsp3) is 0.533. The van der Waals surface area contributed by atoms with E-state index in [-0.39, 0.29) is 5.91 Å². The van der Waals surface area contributed by atoms with Crippen molar-refractivity contribution in [2.24, 2.45) is 17.8 Å². The molecule has 1 N–H and O–H groups in total. The molecule has 2 aliphatic carbocycles. The summed E-state index contributed by atoms with van der Waals surface area (Å²) in [7, 11) is 0. The Balaban J connectivity index is 1.57. The molecule has 1 amide bonds. The normalized spacial score (nSPS) is 28.6. The number of benzene rings is 1. The van der Waals surface area contributed by atoms with Gasteiger partial charge in [0.2, 0.25) is 0 Å². The van der Waals surface area contributed by atoms with Gasteiger partial charge in [-0.2, -0.15) is 0 Å². The third kappa shape index (κ3) is 2.82. The Morgan fingerprint density at radius 3 is 2.84 bits per heavy atom. The summed E-state index contributed by atoms with van der Waals surface area (Å²) in [5.41, 5.74) is 0.636. The van der Waals surface area contributed by atoms with Crippen LogP contribution in [0.1, 0.15) is 36.0 Å². The van der Waals surface area contributed by atoms with Gasteiger partial charge in [-0.3, -0.25) is 4.79 Å². The highest BCUT2D eigenvalue weighted by molar-refractivity contribution is 9.10. The van der Waals surface area contributed by atoms with Crippen LogP contribution >= 0.6 is 27.5 Å². The molecule has 3 rings (SSSR count). The average molecular weight is 343 g/mol. The Bertz CT molecular complexity index is 505. The van der Waals surface area contributed by atoms with Crippen LogP contribution in [0.15, 0.2) is 22.7 Å². The topological polar surface area (TPSA) is 29.1 Å². The largest absolute Gasteiger partial charge is 0.352 e. The third-order valence-corrected chi connectivity index (χ3v) is 5.82. The third-order valence-electron chi connectivity index (χ3n) is 4.59. The molecule has 1 aromatic carbocycles. The van der Waals surface area contributed by atoms with Crippen LogP contribution in [0.3, 0.4) is 0 Å². The zero-order valence-electron chi connectivity index (χ0n) is 10.7. The Kier molecular flexibility index (Phi) is 3.86. The molecule has 2 aliphatic rings. The molecular formula is C15H17BrClNO. The lowest BCUT2D eigenvalue weighted by Gasteiger charge is -2.21. The highest BCUT2D eigenvalue weighted by Crippen LogP contribution is 2.47. The SMILES string of the molecule is O=C(NCC1CC2CCC1C2)c1ccc(Br)c(Cl)c1. The van der Waals surface area contributed by atoms with E-state index in [9.17, 15) is 4.79 Å². The van der Waals surface area contributed by atoms with Crippen molar-refractivity contribution in [3.05, 3.63) is 33.3 Å². The number of fused-ring (bicyclic) bond motifs is 2. The highest BCUT2D eigenvalue weighted by Gasteiger charge is 2.39. The maximum atomic E-state index is 12.1. The number of carbonyl (C=O) groups excluding carboxylic acids is 1. The number of carbonyl (C=O) groups is 1. The van der Waals surface area contributed by atoms with Gasteiger partial charge in [0.05, 0.1) is 5.02 Å². The molecule has 0 aliphatic heterocycles. The lowest BCUT2D eigenvalue weighted by Crippen LogP contribution is -2.31. The molecule has 1 aromatic rings. The van der Waals surface area contributed by atoms with Crippen molar-refractivity contribution < 1.29 is 4.79 Å². The number of hydrogen-bond donors (Lipinski definition) is 1. The van der Waals surface area contributed by atoms with Gasteiger partial charge in [0.1, 0.15) is 0 Å². The van der Waals surface area contributed by atoms with Crippen molar-refractivity contribution in [1.29, 1.82) is 0 Å². The molecule has 0 aromatic heterocycles. The second kappa shape index (κ2) is 5.45. The van der Waals surface area contributed by atoms with Crippen LogP contribution in [0, 0.1) is 17.8 Å². The van der Waals surface area contributed by atoms with Crippen LogP contribution in [-0.2, 0) is 0 Å². The van der Waals surface area contributed by atoms with Gasteiger partial charge in [-0.15, -0.1) is 0 Å². The summed E-state index contributed by atoms with van der Waals surface area (Å²) in [6, 6.07) is 5.32. The Labute approximate surface area is 127 Å². The van der Waals surface area contributed by atoms with E-state index in [4.69, 9.17) is 11.6 Å². The number of halogens is 2. The maximum absolute atomic E-state index is 12.1. The first kappa shape index (κ1) is 13.4. The van der Waals surface area contributed by atoms with Gasteiger partial charge < -0.3 is 5.32 Å². The van der Waals surface area contributed by atoms with Crippen LogP contribution in [0.4, 0.5) is 0 Å². The van der Waals surface area contributed by atoms with Crippen molar-refractivity contribution in [1.82, 2.24) is 5.32 Å². The van der Waals surface area contributed by atoms with Crippen molar-refractivity contribution in [2.45, 2.75) is 25.7 Å². The predicted octanol–water partition coefficient (Wildman–Crippen LogP) is 4.27. The van der Waals surface area contributed by atoms with E-state index >= 15 is 0 Å². The lowest BCUT2D eigenvalue weighted by molar-refractivity contribution is 0.0942. The van der Waals surface area contributed by atoms with E-state index < -0.39 is 0 Å². The van der Waals surface area contributed by atoms with Gasteiger partial charge in [-0.1, -0.05) is 18.0 Å². The summed E-state index contributed by atoms with van der Waals surface area (Å²) in [4.78, 5) is 12.1. The van der Waals surface area contributed by atoms with Gasteiger partial charge in [0, 0.05) is 16.6 Å². The summed E-state index contributed by atoms with van der Waals surface area (Å²) in [5.74, 6) is 2.44. The average Bonchev–Trinajstić information content (AvgIpc) is 3.01. The van der Waals surface area contributed by atoms with Gasteiger partial charge in [0.25, 0.3) is 5.91 Å². The second-order valence-corrected chi connectivity index (χ2v) is 7.04. The van der Waals surface area contributed by atoms with E-state index in [1.165, 1.54) is 25.7 Å². The summed E-state index contributed by atoms with van der Waals surface area (Å²) >= 11 is 9.34. The van der Waals surface area contributed by atoms with E-state index in [1.54, 1.807) is 12.1 Å². The molecule has 19 heavy (non-hydrogen) atoms. The molecule has 3 unspecified atom stereocenters. The smallest absolute Gasteiger partial charge is 0.251 e. The number of nitrogens with one attached hydrogen (secondary N) is 1. The van der Waals surface area contributed by atoms with Crippen LogP contribution in [0.25, 0.3) is 0 Å². The number of amides is 1. The highest BCUT2D eigenvalue weighted by atomic mass is 79.9. The molecule has 0 radical (unpaired) electrons. The second-order valence-electron chi connectivity index (χ2n) is 5.77. The van der Waals surface area contributed by atoms with E-state index in [0.29, 0.717) is 16.5 Å². The molecule has 2 bridgehead atoms. The quantitative estimate of drug-likeness (QED) is 0.873. The molecule has 102 valence electrons. The van der Waals surface area contributed by atoms with Crippen LogP contribution < -0.4 is 5.32 Å². The standard InChI is InChI=1S/C15H17BrClNO/c16-13-4-3-11(7-14(13)17)15(19)18-8-12-6-9-1-2-10(12)5-9/h3-4,7,9-10,12H,1-2,5-6,8H2,(H,18,19). The minimum absolute atomic E-state index is 0.0165. The van der Waals surface area contributed by atoms with Gasteiger partial charge in [0.15, 0.2) is 0 Å². The monoisotopic (exact) mass is 341 g/mol. The van der Waals surface area contributed by atoms with Crippen LogP contribution in [0.5, 0.6) is 0 Å². The first-order valence-corrected chi connectivity index (χ1v) is 8.04. The number of hydrogen-bond acceptors (Lipinski definition) is 1. The van der Waals surface area contributed by atoms with Crippen molar-refractivity contribution in [2.75, 3.05) is 6.54 Å². The van der Waals surface area contributed by atoms with Gasteiger partial charge in [-0.25, -0.2) is 0 Å². The molecular weight excluding hydrogens is 326 g/mol. The predicted molar refractivity (Wildman–Crippen MR) is 80.4 cm³/mol. The van der Waals surface area contributed by atoms with Crippen molar-refractivity contribution in [3.8, 4) is 0 Å². The minimum atomic E-state index is -0.0165. The van der Waals surface area contributed by atoms with Crippen LogP contribution in [0.2, 0.25) is 5.02 Å². The molecule has 2 saturated carbocycles. The number of rotatable bonds is 3. The fourth-order valence-electron chi connectivity index (χ4n) is 3.59. The zero-order valence-corrected chi connectivity index (χ0v) is 13.0. The van der Waals surface area contributed by atoms with E-state index in [2.05, 4.69) is 21.2 Å². The van der Waals surface area contributed by atoms with E-state index in [0.717, 1.165) is 22.9 Å².